The molecule has 7 nitrogen and oxygen atoms in total. The Kier molecular flexibility index (Phi) is 4.50. The van der Waals surface area contributed by atoms with Crippen LogP contribution in [0.4, 0.5) is 0 Å². The monoisotopic (exact) mass is 409 g/mol. The van der Waals surface area contributed by atoms with Crippen LogP contribution in [0.25, 0.3) is 0 Å². The average molecular weight is 410 g/mol. The summed E-state index contributed by atoms with van der Waals surface area (Å²) in [6, 6.07) is 2.89. The fraction of sp³-hybridized carbons (Fsp3) is 0.700. The van der Waals surface area contributed by atoms with E-state index in [1.165, 1.54) is 10.4 Å². The van der Waals surface area contributed by atoms with Gasteiger partial charge in [0.1, 0.15) is 23.4 Å². The number of sulfonamides is 1. The Bertz CT molecular complexity index is 965. The Labute approximate surface area is 165 Å². The van der Waals surface area contributed by atoms with Crippen molar-refractivity contribution in [2.75, 3.05) is 18.8 Å². The number of ketones is 1. The Morgan fingerprint density at radius 2 is 2.00 bits per heavy atom. The van der Waals surface area contributed by atoms with Crippen LogP contribution < -0.4 is 10.4 Å². The highest BCUT2D eigenvalue weighted by Crippen LogP contribution is 2.64. The van der Waals surface area contributed by atoms with Crippen LogP contribution in [0.3, 0.4) is 0 Å². The topological polar surface area (TPSA) is 93.9 Å². The molecular formula is C20H27NO6S. The van der Waals surface area contributed by atoms with Crippen molar-refractivity contribution < 1.29 is 22.4 Å². The highest BCUT2D eigenvalue weighted by atomic mass is 32.2. The maximum Gasteiger partial charge on any atom is 0.339 e. The fourth-order valence-corrected chi connectivity index (χ4v) is 7.65. The average Bonchev–Trinajstić information content (AvgIpc) is 3.17. The quantitative estimate of drug-likeness (QED) is 0.739. The smallest absolute Gasteiger partial charge is 0.339 e. The van der Waals surface area contributed by atoms with Gasteiger partial charge < -0.3 is 9.15 Å². The number of aryl methyl sites for hydroxylation is 1. The van der Waals surface area contributed by atoms with E-state index in [2.05, 4.69) is 0 Å². The second kappa shape index (κ2) is 6.42. The molecule has 4 rings (SSSR count). The van der Waals surface area contributed by atoms with Gasteiger partial charge >= 0.3 is 5.63 Å². The summed E-state index contributed by atoms with van der Waals surface area (Å²) in [4.78, 5) is 24.2. The maximum atomic E-state index is 13.2. The molecule has 2 heterocycles. The third kappa shape index (κ3) is 3.01. The molecule has 1 aliphatic heterocycles. The SMILES string of the molecule is Cc1cc(OC2CCN(S(=O)(=O)CC34CCC(CC3=O)C4(C)C)C2)cc(=O)o1. The van der Waals surface area contributed by atoms with Gasteiger partial charge in [-0.1, -0.05) is 13.8 Å². The van der Waals surface area contributed by atoms with Crippen molar-refractivity contribution >= 4 is 15.8 Å². The zero-order chi connectivity index (χ0) is 20.3. The first-order valence-electron chi connectivity index (χ1n) is 9.83. The van der Waals surface area contributed by atoms with Crippen molar-refractivity contribution in [2.24, 2.45) is 16.7 Å². The van der Waals surface area contributed by atoms with Crippen LogP contribution in [-0.2, 0) is 14.8 Å². The van der Waals surface area contributed by atoms with Crippen molar-refractivity contribution in [3.63, 3.8) is 0 Å². The van der Waals surface area contributed by atoms with Crippen LogP contribution in [0.15, 0.2) is 21.3 Å². The summed E-state index contributed by atoms with van der Waals surface area (Å²) < 4.78 is 38.5. The zero-order valence-electron chi connectivity index (χ0n) is 16.6. The number of ether oxygens (including phenoxy) is 1. The summed E-state index contributed by atoms with van der Waals surface area (Å²) in [5.74, 6) is 1.13. The highest BCUT2D eigenvalue weighted by Gasteiger charge is 2.65. The van der Waals surface area contributed by atoms with E-state index in [0.29, 0.717) is 37.3 Å². The lowest BCUT2D eigenvalue weighted by Crippen LogP contribution is -2.46. The van der Waals surface area contributed by atoms with Gasteiger partial charge in [0.15, 0.2) is 0 Å². The fourth-order valence-electron chi connectivity index (χ4n) is 5.39. The van der Waals surface area contributed by atoms with E-state index in [1.807, 2.05) is 13.8 Å². The van der Waals surface area contributed by atoms with Crippen LogP contribution in [0.1, 0.15) is 45.3 Å². The van der Waals surface area contributed by atoms with Gasteiger partial charge in [0.25, 0.3) is 0 Å². The van der Waals surface area contributed by atoms with Gasteiger partial charge in [0.2, 0.25) is 10.0 Å². The lowest BCUT2D eigenvalue weighted by Gasteiger charge is -2.37. The third-order valence-corrected chi connectivity index (χ3v) is 9.22. The normalized spacial score (nSPS) is 32.2. The molecule has 2 saturated carbocycles. The molecule has 0 radical (unpaired) electrons. The van der Waals surface area contributed by atoms with Crippen LogP contribution >= 0.6 is 0 Å². The summed E-state index contributed by atoms with van der Waals surface area (Å²) in [7, 11) is -3.58. The molecule has 1 aromatic heterocycles. The van der Waals surface area contributed by atoms with Crippen molar-refractivity contribution in [2.45, 2.75) is 52.6 Å². The van der Waals surface area contributed by atoms with Gasteiger partial charge in [-0.2, -0.15) is 4.31 Å². The molecule has 1 saturated heterocycles. The number of hydrogen-bond donors (Lipinski definition) is 0. The van der Waals surface area contributed by atoms with Crippen molar-refractivity contribution in [3.05, 3.63) is 28.3 Å². The number of rotatable bonds is 5. The van der Waals surface area contributed by atoms with Crippen LogP contribution in [-0.4, -0.2) is 43.5 Å². The molecule has 8 heteroatoms. The minimum atomic E-state index is -3.58. The summed E-state index contributed by atoms with van der Waals surface area (Å²) in [5.41, 5.74) is -1.53. The van der Waals surface area contributed by atoms with Crippen molar-refractivity contribution in [1.29, 1.82) is 0 Å². The molecule has 154 valence electrons. The van der Waals surface area contributed by atoms with Crippen LogP contribution in [0.2, 0.25) is 0 Å². The lowest BCUT2D eigenvalue weighted by atomic mass is 9.70. The third-order valence-electron chi connectivity index (χ3n) is 7.24. The van der Waals surface area contributed by atoms with E-state index in [1.54, 1.807) is 13.0 Å². The standard InChI is InChI=1S/C20H27NO6S/c1-13-8-16(10-18(23)26-13)27-15-5-7-21(11-15)28(24,25)12-20-6-4-14(9-17(20)22)19(20,2)3/h8,10,14-15H,4-7,9,11-12H2,1-3H3. The first-order chi connectivity index (χ1) is 13.0. The van der Waals surface area contributed by atoms with Crippen molar-refractivity contribution in [3.8, 4) is 5.75 Å². The van der Waals surface area contributed by atoms with Gasteiger partial charge in [-0.15, -0.1) is 0 Å². The molecule has 28 heavy (non-hydrogen) atoms. The Morgan fingerprint density at radius 3 is 2.61 bits per heavy atom. The number of carbonyl (C=O) groups is 1. The lowest BCUT2D eigenvalue weighted by molar-refractivity contribution is -0.128. The molecule has 0 N–H and O–H groups in total. The molecule has 3 atom stereocenters. The van der Waals surface area contributed by atoms with Gasteiger partial charge in [-0.25, -0.2) is 13.2 Å². The molecule has 3 unspecified atom stereocenters. The minimum Gasteiger partial charge on any atom is -0.489 e. The van der Waals surface area contributed by atoms with E-state index in [-0.39, 0.29) is 35.5 Å². The summed E-state index contributed by atoms with van der Waals surface area (Å²) in [6.45, 7) is 6.35. The summed E-state index contributed by atoms with van der Waals surface area (Å²) >= 11 is 0. The number of Topliss-reactive ketones (excluding diaryl/α,β-unsaturated/α-hetero) is 1. The predicted molar refractivity (Wildman–Crippen MR) is 103 cm³/mol. The molecule has 3 fully saturated rings. The second-order valence-electron chi connectivity index (χ2n) is 9.03. The van der Waals surface area contributed by atoms with Crippen LogP contribution in [0.5, 0.6) is 5.75 Å². The van der Waals surface area contributed by atoms with Gasteiger partial charge in [0.05, 0.1) is 18.4 Å². The number of nitrogens with zero attached hydrogens (tertiary/aromatic N) is 1. The van der Waals surface area contributed by atoms with Gasteiger partial charge in [0, 0.05) is 24.4 Å². The predicted octanol–water partition coefficient (Wildman–Crippen LogP) is 2.13. The number of carbonyl (C=O) groups excluding carboxylic acids is 1. The van der Waals surface area contributed by atoms with E-state index in [4.69, 9.17) is 9.15 Å². The van der Waals surface area contributed by atoms with Crippen LogP contribution in [0, 0.1) is 23.7 Å². The molecule has 3 aliphatic rings. The Balaban J connectivity index is 1.47. The molecule has 0 spiro atoms. The van der Waals surface area contributed by atoms with E-state index < -0.39 is 21.1 Å². The van der Waals surface area contributed by atoms with E-state index in [9.17, 15) is 18.0 Å². The summed E-state index contributed by atoms with van der Waals surface area (Å²) in [5, 5.41) is 0. The Hall–Kier alpha value is -1.67. The molecule has 0 aromatic carbocycles. The second-order valence-corrected chi connectivity index (χ2v) is 11.0. The Morgan fingerprint density at radius 1 is 1.25 bits per heavy atom. The first-order valence-corrected chi connectivity index (χ1v) is 11.4. The first kappa shape index (κ1) is 19.6. The van der Waals surface area contributed by atoms with Gasteiger partial charge in [-0.3, -0.25) is 4.79 Å². The number of fused-ring (bicyclic) bond motifs is 2. The number of hydrogen-bond acceptors (Lipinski definition) is 6. The molecule has 1 aromatic rings. The van der Waals surface area contributed by atoms with E-state index in [0.717, 1.165) is 6.42 Å². The zero-order valence-corrected chi connectivity index (χ0v) is 17.4. The molecule has 0 amide bonds. The summed E-state index contributed by atoms with van der Waals surface area (Å²) in [6.07, 6.45) is 2.32. The van der Waals surface area contributed by atoms with Gasteiger partial charge in [-0.05, 0) is 37.5 Å². The minimum absolute atomic E-state index is 0.107. The molecular weight excluding hydrogens is 382 g/mol. The highest BCUT2D eigenvalue weighted by molar-refractivity contribution is 7.89. The largest absolute Gasteiger partial charge is 0.489 e. The molecule has 2 bridgehead atoms. The molecule has 2 aliphatic carbocycles. The maximum absolute atomic E-state index is 13.2. The van der Waals surface area contributed by atoms with E-state index >= 15 is 0 Å². The van der Waals surface area contributed by atoms with Crippen molar-refractivity contribution in [1.82, 2.24) is 4.31 Å².